The van der Waals surface area contributed by atoms with Gasteiger partial charge in [0.25, 0.3) is 5.91 Å². The fourth-order valence-corrected chi connectivity index (χ4v) is 2.78. The van der Waals surface area contributed by atoms with Gasteiger partial charge in [-0.1, -0.05) is 30.1 Å². The van der Waals surface area contributed by atoms with Crippen molar-refractivity contribution in [2.24, 2.45) is 5.92 Å². The first kappa shape index (κ1) is 15.4. The molecule has 0 aliphatic carbocycles. The van der Waals surface area contributed by atoms with Crippen molar-refractivity contribution in [2.45, 2.75) is 13.3 Å². The zero-order valence-electron chi connectivity index (χ0n) is 11.5. The van der Waals surface area contributed by atoms with Crippen molar-refractivity contribution in [3.8, 4) is 0 Å². The van der Waals surface area contributed by atoms with Crippen molar-refractivity contribution in [3.63, 3.8) is 0 Å². The zero-order chi connectivity index (χ0) is 14.7. The van der Waals surface area contributed by atoms with E-state index in [0.717, 1.165) is 26.1 Å². The van der Waals surface area contributed by atoms with Crippen LogP contribution in [0.4, 0.5) is 5.69 Å². The monoisotopic (exact) mass is 315 g/mol. The number of hydrogen-bond donors (Lipinski definition) is 2. The molecule has 1 heterocycles. The summed E-state index contributed by atoms with van der Waals surface area (Å²) >= 11 is 11.8. The van der Waals surface area contributed by atoms with Crippen LogP contribution >= 0.6 is 23.2 Å². The lowest BCUT2D eigenvalue weighted by Crippen LogP contribution is -2.31. The number of nitrogens with two attached hydrogens (primary N) is 1. The number of benzene rings is 1. The van der Waals surface area contributed by atoms with Crippen LogP contribution in [0.2, 0.25) is 10.0 Å². The first-order valence-electron chi connectivity index (χ1n) is 6.76. The van der Waals surface area contributed by atoms with Crippen LogP contribution in [0.5, 0.6) is 0 Å². The Balaban J connectivity index is 1.92. The van der Waals surface area contributed by atoms with Crippen molar-refractivity contribution in [1.82, 2.24) is 10.2 Å². The molecule has 6 heteroatoms. The molecule has 1 saturated heterocycles. The molecule has 1 unspecified atom stereocenters. The Morgan fingerprint density at radius 1 is 1.50 bits per heavy atom. The standard InChI is InChI=1S/C14H19Cl2N3O/c1-2-19-4-3-9(8-19)7-18-14(20)10-5-11(15)13(16)12(17)6-10/h5-6,9H,2-4,7-8,17H2,1H3,(H,18,20). The molecule has 2 rings (SSSR count). The molecular weight excluding hydrogens is 297 g/mol. The number of nitrogens with one attached hydrogen (secondary N) is 1. The van der Waals surface area contributed by atoms with Gasteiger partial charge in [-0.15, -0.1) is 0 Å². The van der Waals surface area contributed by atoms with Gasteiger partial charge in [-0.25, -0.2) is 0 Å². The smallest absolute Gasteiger partial charge is 0.251 e. The molecule has 0 saturated carbocycles. The number of rotatable bonds is 4. The van der Waals surface area contributed by atoms with E-state index in [1.54, 1.807) is 12.1 Å². The average Bonchev–Trinajstić information content (AvgIpc) is 2.89. The third kappa shape index (κ3) is 3.57. The van der Waals surface area contributed by atoms with E-state index in [2.05, 4.69) is 17.1 Å². The molecule has 1 amide bonds. The highest BCUT2D eigenvalue weighted by atomic mass is 35.5. The summed E-state index contributed by atoms with van der Waals surface area (Å²) in [7, 11) is 0. The Bertz CT molecular complexity index is 484. The van der Waals surface area contributed by atoms with Crippen molar-refractivity contribution < 1.29 is 4.79 Å². The van der Waals surface area contributed by atoms with Crippen LogP contribution in [0.25, 0.3) is 0 Å². The Kier molecular flexibility index (Phi) is 5.13. The fourth-order valence-electron chi connectivity index (χ4n) is 2.45. The highest BCUT2D eigenvalue weighted by molar-refractivity contribution is 6.43. The summed E-state index contributed by atoms with van der Waals surface area (Å²) < 4.78 is 0. The van der Waals surface area contributed by atoms with Gasteiger partial charge in [0, 0.05) is 18.7 Å². The molecule has 20 heavy (non-hydrogen) atoms. The van der Waals surface area contributed by atoms with E-state index in [0.29, 0.717) is 28.7 Å². The molecule has 1 aromatic carbocycles. The van der Waals surface area contributed by atoms with Gasteiger partial charge in [0.05, 0.1) is 15.7 Å². The number of carbonyl (C=O) groups excluding carboxylic acids is 1. The molecular formula is C14H19Cl2N3O. The third-order valence-electron chi connectivity index (χ3n) is 3.69. The Morgan fingerprint density at radius 3 is 2.85 bits per heavy atom. The van der Waals surface area contributed by atoms with E-state index < -0.39 is 0 Å². The number of anilines is 1. The molecule has 1 atom stereocenters. The minimum Gasteiger partial charge on any atom is -0.397 e. The summed E-state index contributed by atoms with van der Waals surface area (Å²) in [6.07, 6.45) is 1.12. The van der Waals surface area contributed by atoms with Crippen molar-refractivity contribution in [1.29, 1.82) is 0 Å². The normalized spacial score (nSPS) is 19.2. The first-order chi connectivity index (χ1) is 9.51. The van der Waals surface area contributed by atoms with E-state index in [9.17, 15) is 4.79 Å². The number of amides is 1. The van der Waals surface area contributed by atoms with Gasteiger partial charge in [0.2, 0.25) is 0 Å². The number of nitrogens with zero attached hydrogens (tertiary/aromatic N) is 1. The Hall–Kier alpha value is -0.970. The van der Waals surface area contributed by atoms with Crippen molar-refractivity contribution in [2.75, 3.05) is 31.9 Å². The molecule has 1 fully saturated rings. The number of hydrogen-bond acceptors (Lipinski definition) is 3. The lowest BCUT2D eigenvalue weighted by molar-refractivity contribution is 0.0947. The molecule has 0 radical (unpaired) electrons. The predicted molar refractivity (Wildman–Crippen MR) is 83.4 cm³/mol. The number of carbonyl (C=O) groups is 1. The summed E-state index contributed by atoms with van der Waals surface area (Å²) in [6, 6.07) is 3.10. The summed E-state index contributed by atoms with van der Waals surface area (Å²) in [5.41, 5.74) is 6.48. The van der Waals surface area contributed by atoms with Crippen molar-refractivity contribution >= 4 is 34.8 Å². The lowest BCUT2D eigenvalue weighted by Gasteiger charge is -2.14. The van der Waals surface area contributed by atoms with Gasteiger partial charge in [0.15, 0.2) is 0 Å². The van der Waals surface area contributed by atoms with E-state index >= 15 is 0 Å². The Labute approximate surface area is 129 Å². The van der Waals surface area contributed by atoms with Crippen LogP contribution in [-0.4, -0.2) is 37.0 Å². The lowest BCUT2D eigenvalue weighted by atomic mass is 10.1. The summed E-state index contributed by atoms with van der Waals surface area (Å²) in [6.45, 7) is 6.04. The van der Waals surface area contributed by atoms with Crippen LogP contribution in [-0.2, 0) is 0 Å². The SMILES string of the molecule is CCN1CCC(CNC(=O)c2cc(N)c(Cl)c(Cl)c2)C1. The van der Waals surface area contributed by atoms with Gasteiger partial charge in [-0.05, 0) is 37.6 Å². The van der Waals surface area contributed by atoms with E-state index in [1.807, 2.05) is 0 Å². The van der Waals surface area contributed by atoms with Crippen LogP contribution in [0.1, 0.15) is 23.7 Å². The fraction of sp³-hybridized carbons (Fsp3) is 0.500. The molecule has 3 N–H and O–H groups in total. The van der Waals surface area contributed by atoms with E-state index in [4.69, 9.17) is 28.9 Å². The molecule has 0 aromatic heterocycles. The maximum absolute atomic E-state index is 12.1. The highest BCUT2D eigenvalue weighted by Gasteiger charge is 2.21. The minimum atomic E-state index is -0.162. The predicted octanol–water partition coefficient (Wildman–Crippen LogP) is 2.65. The first-order valence-corrected chi connectivity index (χ1v) is 7.52. The summed E-state index contributed by atoms with van der Waals surface area (Å²) in [4.78, 5) is 14.5. The molecule has 0 spiro atoms. The maximum Gasteiger partial charge on any atom is 0.251 e. The molecule has 0 bridgehead atoms. The quantitative estimate of drug-likeness (QED) is 0.840. The van der Waals surface area contributed by atoms with Crippen molar-refractivity contribution in [3.05, 3.63) is 27.7 Å². The number of halogens is 2. The summed E-state index contributed by atoms with van der Waals surface area (Å²) in [5, 5.41) is 3.53. The summed E-state index contributed by atoms with van der Waals surface area (Å²) in [5.74, 6) is 0.351. The molecule has 1 aromatic rings. The van der Waals surface area contributed by atoms with Gasteiger partial charge in [-0.3, -0.25) is 4.79 Å². The second-order valence-electron chi connectivity index (χ2n) is 5.12. The minimum absolute atomic E-state index is 0.162. The van der Waals surface area contributed by atoms with Gasteiger partial charge in [-0.2, -0.15) is 0 Å². The highest BCUT2D eigenvalue weighted by Crippen LogP contribution is 2.29. The van der Waals surface area contributed by atoms with Crippen LogP contribution < -0.4 is 11.1 Å². The second-order valence-corrected chi connectivity index (χ2v) is 5.90. The largest absolute Gasteiger partial charge is 0.397 e. The second kappa shape index (κ2) is 6.66. The Morgan fingerprint density at radius 2 is 2.25 bits per heavy atom. The van der Waals surface area contributed by atoms with Crippen LogP contribution in [0, 0.1) is 5.92 Å². The van der Waals surface area contributed by atoms with Gasteiger partial charge in [0.1, 0.15) is 0 Å². The average molecular weight is 316 g/mol. The van der Waals surface area contributed by atoms with Crippen LogP contribution in [0.15, 0.2) is 12.1 Å². The number of nitrogen functional groups attached to an aromatic ring is 1. The molecule has 4 nitrogen and oxygen atoms in total. The molecule has 1 aliphatic heterocycles. The van der Waals surface area contributed by atoms with E-state index in [1.165, 1.54) is 0 Å². The number of likely N-dealkylation sites (tertiary alicyclic amines) is 1. The zero-order valence-corrected chi connectivity index (χ0v) is 13.0. The maximum atomic E-state index is 12.1. The van der Waals surface area contributed by atoms with E-state index in [-0.39, 0.29) is 10.9 Å². The molecule has 1 aliphatic rings. The van der Waals surface area contributed by atoms with Crippen LogP contribution in [0.3, 0.4) is 0 Å². The molecule has 110 valence electrons. The third-order valence-corrected chi connectivity index (χ3v) is 4.50. The topological polar surface area (TPSA) is 58.4 Å². The van der Waals surface area contributed by atoms with Gasteiger partial charge >= 0.3 is 0 Å². The van der Waals surface area contributed by atoms with Gasteiger partial charge < -0.3 is 16.0 Å².